The van der Waals surface area contributed by atoms with Gasteiger partial charge >= 0.3 is 0 Å². The maximum atomic E-state index is 6.21. The third-order valence-electron chi connectivity index (χ3n) is 4.37. The van der Waals surface area contributed by atoms with Crippen molar-refractivity contribution in [3.05, 3.63) is 30.0 Å². The summed E-state index contributed by atoms with van der Waals surface area (Å²) < 4.78 is 2.32. The fourth-order valence-corrected chi connectivity index (χ4v) is 3.30. The Morgan fingerprint density at radius 2 is 1.90 bits per heavy atom. The highest BCUT2D eigenvalue weighted by Gasteiger charge is 2.16. The minimum atomic E-state index is 0.442. The maximum absolute atomic E-state index is 6.21. The zero-order chi connectivity index (χ0) is 14.1. The number of nitrogens with zero attached hydrogens (tertiary/aromatic N) is 2. The Bertz CT molecular complexity index is 592. The molecule has 0 amide bonds. The monoisotopic (exact) mass is 271 g/mol. The molecule has 0 spiro atoms. The van der Waals surface area contributed by atoms with Gasteiger partial charge in [-0.2, -0.15) is 0 Å². The van der Waals surface area contributed by atoms with Crippen LogP contribution in [-0.2, 0) is 6.54 Å². The van der Waals surface area contributed by atoms with Crippen LogP contribution in [0.15, 0.2) is 24.4 Å². The van der Waals surface area contributed by atoms with Gasteiger partial charge in [-0.15, -0.1) is 0 Å². The third kappa shape index (κ3) is 2.42. The van der Waals surface area contributed by atoms with E-state index in [0.717, 1.165) is 12.2 Å². The molecule has 3 heteroatoms. The summed E-state index contributed by atoms with van der Waals surface area (Å²) in [5, 5.41) is 1.32. The van der Waals surface area contributed by atoms with E-state index in [4.69, 9.17) is 5.73 Å². The molecule has 3 rings (SSSR count). The summed E-state index contributed by atoms with van der Waals surface area (Å²) in [7, 11) is 0. The van der Waals surface area contributed by atoms with Crippen LogP contribution in [0.3, 0.4) is 0 Å². The van der Waals surface area contributed by atoms with Gasteiger partial charge in [0.15, 0.2) is 0 Å². The summed E-state index contributed by atoms with van der Waals surface area (Å²) in [5.74, 6) is 0. The molecule has 1 fully saturated rings. The lowest BCUT2D eigenvalue weighted by Gasteiger charge is -2.26. The Morgan fingerprint density at radius 3 is 2.60 bits per heavy atom. The highest BCUT2D eigenvalue weighted by molar-refractivity contribution is 5.93. The molecule has 1 aliphatic rings. The Labute approximate surface area is 121 Å². The van der Waals surface area contributed by atoms with Crippen molar-refractivity contribution < 1.29 is 0 Å². The molecule has 2 aromatic rings. The van der Waals surface area contributed by atoms with Crippen molar-refractivity contribution in [2.45, 2.75) is 45.7 Å². The smallest absolute Gasteiger partial charge is 0.0719 e. The lowest BCUT2D eigenvalue weighted by atomic mass is 10.1. The minimum Gasteiger partial charge on any atom is -0.397 e. The fraction of sp³-hybridized carbons (Fsp3) is 0.529. The van der Waals surface area contributed by atoms with E-state index in [1.165, 1.54) is 48.8 Å². The molecular formula is C17H25N3. The molecule has 3 nitrogen and oxygen atoms in total. The first-order valence-electron chi connectivity index (χ1n) is 7.77. The van der Waals surface area contributed by atoms with Crippen LogP contribution in [0.4, 0.5) is 5.69 Å². The van der Waals surface area contributed by atoms with Gasteiger partial charge in [-0.1, -0.05) is 18.6 Å². The van der Waals surface area contributed by atoms with Crippen molar-refractivity contribution in [3.63, 3.8) is 0 Å². The summed E-state index contributed by atoms with van der Waals surface area (Å²) in [6.07, 6.45) is 6.37. The van der Waals surface area contributed by atoms with Gasteiger partial charge in [-0.25, -0.2) is 0 Å². The topological polar surface area (TPSA) is 34.2 Å². The Hall–Kier alpha value is -1.48. The molecule has 0 aliphatic carbocycles. The second kappa shape index (κ2) is 5.49. The Kier molecular flexibility index (Phi) is 3.70. The van der Waals surface area contributed by atoms with E-state index in [1.54, 1.807) is 0 Å². The van der Waals surface area contributed by atoms with Crippen molar-refractivity contribution in [2.24, 2.45) is 0 Å². The van der Waals surface area contributed by atoms with Crippen LogP contribution < -0.4 is 5.73 Å². The quantitative estimate of drug-likeness (QED) is 0.862. The number of piperidine rings is 1. The van der Waals surface area contributed by atoms with Crippen LogP contribution in [0.1, 0.15) is 44.7 Å². The molecule has 0 bridgehead atoms. The Balaban J connectivity index is 2.00. The number of nitrogen functional groups attached to an aromatic ring is 1. The predicted molar refractivity (Wildman–Crippen MR) is 85.9 cm³/mol. The van der Waals surface area contributed by atoms with E-state index >= 15 is 0 Å². The standard InChI is InChI=1S/C17H25N3/c1-13(2)20-12-14(11-19-9-4-3-5-10-19)15-7-6-8-16(18)17(15)20/h6-8,12-13H,3-5,9-11,18H2,1-2H3. The van der Waals surface area contributed by atoms with E-state index in [2.05, 4.69) is 41.6 Å². The summed E-state index contributed by atoms with van der Waals surface area (Å²) >= 11 is 0. The number of aromatic nitrogens is 1. The van der Waals surface area contributed by atoms with Crippen molar-refractivity contribution in [1.29, 1.82) is 0 Å². The summed E-state index contributed by atoms with van der Waals surface area (Å²) in [4.78, 5) is 2.58. The van der Waals surface area contributed by atoms with Gasteiger partial charge in [-0.3, -0.25) is 4.90 Å². The number of likely N-dealkylation sites (tertiary alicyclic amines) is 1. The molecule has 2 heterocycles. The van der Waals surface area contributed by atoms with Crippen LogP contribution in [0, 0.1) is 0 Å². The normalized spacial score (nSPS) is 17.1. The van der Waals surface area contributed by atoms with E-state index in [1.807, 2.05) is 6.07 Å². The summed E-state index contributed by atoms with van der Waals surface area (Å²) in [6, 6.07) is 6.73. The average molecular weight is 271 g/mol. The predicted octanol–water partition coefficient (Wildman–Crippen LogP) is 3.79. The first-order chi connectivity index (χ1) is 9.66. The summed E-state index contributed by atoms with van der Waals surface area (Å²) in [5.41, 5.74) is 9.72. The van der Waals surface area contributed by atoms with Crippen molar-refractivity contribution >= 4 is 16.6 Å². The molecule has 108 valence electrons. The van der Waals surface area contributed by atoms with Crippen LogP contribution in [0.25, 0.3) is 10.9 Å². The Morgan fingerprint density at radius 1 is 1.15 bits per heavy atom. The maximum Gasteiger partial charge on any atom is 0.0719 e. The number of hydrogen-bond donors (Lipinski definition) is 1. The van der Waals surface area contributed by atoms with Gasteiger partial charge in [0, 0.05) is 24.2 Å². The number of benzene rings is 1. The largest absolute Gasteiger partial charge is 0.397 e. The lowest BCUT2D eigenvalue weighted by molar-refractivity contribution is 0.221. The molecule has 0 radical (unpaired) electrons. The van der Waals surface area contributed by atoms with Gasteiger partial charge < -0.3 is 10.3 Å². The van der Waals surface area contributed by atoms with E-state index in [-0.39, 0.29) is 0 Å². The number of anilines is 1. The number of hydrogen-bond acceptors (Lipinski definition) is 2. The molecule has 0 atom stereocenters. The first kappa shape index (κ1) is 13.5. The molecule has 2 N–H and O–H groups in total. The molecule has 20 heavy (non-hydrogen) atoms. The first-order valence-corrected chi connectivity index (χ1v) is 7.77. The van der Waals surface area contributed by atoms with Crippen LogP contribution in [0.2, 0.25) is 0 Å². The molecule has 0 unspecified atom stereocenters. The zero-order valence-electron chi connectivity index (χ0n) is 12.6. The molecule has 1 aromatic heterocycles. The van der Waals surface area contributed by atoms with E-state index in [9.17, 15) is 0 Å². The fourth-order valence-electron chi connectivity index (χ4n) is 3.30. The zero-order valence-corrected chi connectivity index (χ0v) is 12.6. The van der Waals surface area contributed by atoms with Crippen LogP contribution in [0.5, 0.6) is 0 Å². The SMILES string of the molecule is CC(C)n1cc(CN2CCCCC2)c2cccc(N)c21. The van der Waals surface area contributed by atoms with Gasteiger partial charge in [0.05, 0.1) is 11.2 Å². The number of nitrogens with two attached hydrogens (primary N) is 1. The van der Waals surface area contributed by atoms with Gasteiger partial charge in [0.1, 0.15) is 0 Å². The molecule has 1 aromatic carbocycles. The molecule has 1 aliphatic heterocycles. The average Bonchev–Trinajstić information content (AvgIpc) is 2.81. The van der Waals surface area contributed by atoms with Gasteiger partial charge in [-0.05, 0) is 51.4 Å². The number of para-hydroxylation sites is 1. The van der Waals surface area contributed by atoms with E-state index < -0.39 is 0 Å². The van der Waals surface area contributed by atoms with Crippen molar-refractivity contribution in [1.82, 2.24) is 9.47 Å². The number of rotatable bonds is 3. The molecule has 1 saturated heterocycles. The van der Waals surface area contributed by atoms with Gasteiger partial charge in [0.2, 0.25) is 0 Å². The molecular weight excluding hydrogens is 246 g/mol. The van der Waals surface area contributed by atoms with E-state index in [0.29, 0.717) is 6.04 Å². The highest BCUT2D eigenvalue weighted by atomic mass is 15.1. The van der Waals surface area contributed by atoms with Crippen molar-refractivity contribution in [3.8, 4) is 0 Å². The van der Waals surface area contributed by atoms with Crippen LogP contribution in [-0.4, -0.2) is 22.6 Å². The molecule has 0 saturated carbocycles. The van der Waals surface area contributed by atoms with Gasteiger partial charge in [0.25, 0.3) is 0 Å². The summed E-state index contributed by atoms with van der Waals surface area (Å²) in [6.45, 7) is 7.96. The highest BCUT2D eigenvalue weighted by Crippen LogP contribution is 2.30. The second-order valence-corrected chi connectivity index (χ2v) is 6.24. The van der Waals surface area contributed by atoms with Crippen LogP contribution >= 0.6 is 0 Å². The second-order valence-electron chi connectivity index (χ2n) is 6.24. The number of fused-ring (bicyclic) bond motifs is 1. The minimum absolute atomic E-state index is 0.442. The third-order valence-corrected chi connectivity index (χ3v) is 4.37. The van der Waals surface area contributed by atoms with Crippen molar-refractivity contribution in [2.75, 3.05) is 18.8 Å². The lowest BCUT2D eigenvalue weighted by Crippen LogP contribution is -2.28.